The molecule has 0 bridgehead atoms. The molecular weight excluding hydrogens is 448 g/mol. The van der Waals surface area contributed by atoms with Gasteiger partial charge in [-0.2, -0.15) is 0 Å². The molecule has 1 saturated carbocycles. The lowest BCUT2D eigenvalue weighted by molar-refractivity contribution is 0.483. The predicted octanol–water partition coefficient (Wildman–Crippen LogP) is 4.78. The van der Waals surface area contributed by atoms with Crippen molar-refractivity contribution < 1.29 is 8.78 Å². The number of fused-ring (bicyclic) bond motifs is 1. The van der Waals surface area contributed by atoms with Crippen LogP contribution in [-0.2, 0) is 0 Å². The highest BCUT2D eigenvalue weighted by molar-refractivity contribution is 5.94. The zero-order valence-electron chi connectivity index (χ0n) is 19.3. The maximum absolute atomic E-state index is 14.2. The third-order valence-corrected chi connectivity index (χ3v) is 6.54. The van der Waals surface area contributed by atoms with E-state index in [1.807, 2.05) is 6.20 Å². The number of hydrogen-bond donors (Lipinski definition) is 2. The van der Waals surface area contributed by atoms with Crippen molar-refractivity contribution >= 4 is 28.2 Å². The molecular formula is C26H25F2N7. The van der Waals surface area contributed by atoms with Crippen molar-refractivity contribution in [3.05, 3.63) is 66.1 Å². The third-order valence-electron chi connectivity index (χ3n) is 6.54. The molecule has 1 aliphatic heterocycles. The average Bonchev–Trinajstić information content (AvgIpc) is 3.71. The van der Waals surface area contributed by atoms with Gasteiger partial charge in [0, 0.05) is 49.0 Å². The van der Waals surface area contributed by atoms with Crippen LogP contribution >= 0.6 is 0 Å². The number of nitrogens with zero attached hydrogens (tertiary/aromatic N) is 5. The Bertz CT molecular complexity index is 1390. The molecule has 4 heterocycles. The first kappa shape index (κ1) is 21.8. The van der Waals surface area contributed by atoms with E-state index >= 15 is 0 Å². The molecule has 9 heteroatoms. The quantitative estimate of drug-likeness (QED) is 0.432. The number of pyridine rings is 2. The van der Waals surface area contributed by atoms with Crippen LogP contribution in [0.2, 0.25) is 0 Å². The number of nitrogens with one attached hydrogen (secondary N) is 2. The maximum Gasteiger partial charge on any atom is 0.162 e. The fourth-order valence-corrected chi connectivity index (χ4v) is 4.66. The van der Waals surface area contributed by atoms with Gasteiger partial charge in [-0.25, -0.2) is 23.7 Å². The summed E-state index contributed by atoms with van der Waals surface area (Å²) in [6.45, 7) is 4.73. The van der Waals surface area contributed by atoms with Crippen LogP contribution in [0.15, 0.2) is 48.9 Å². The Balaban J connectivity index is 1.45. The Morgan fingerprint density at radius 3 is 2.69 bits per heavy atom. The summed E-state index contributed by atoms with van der Waals surface area (Å²) in [7, 11) is 0. The molecule has 0 radical (unpaired) electrons. The maximum atomic E-state index is 14.2. The first-order valence-corrected chi connectivity index (χ1v) is 11.9. The number of para-hydroxylation sites is 1. The molecule has 6 rings (SSSR count). The Hall–Kier alpha value is -3.72. The smallest absolute Gasteiger partial charge is 0.162 e. The lowest BCUT2D eigenvalue weighted by atomic mass is 10.1. The largest absolute Gasteiger partial charge is 0.353 e. The van der Waals surface area contributed by atoms with Crippen molar-refractivity contribution in [2.45, 2.75) is 31.7 Å². The SMILES string of the molecule is CC1CN(c2nc(-c3ccnc(Nc4c(F)cccc4F)c3)nc3cncc(C4CC4)c23)CCN1. The van der Waals surface area contributed by atoms with Gasteiger partial charge in [-0.05, 0) is 55.5 Å². The van der Waals surface area contributed by atoms with Crippen LogP contribution in [0.5, 0.6) is 0 Å². The van der Waals surface area contributed by atoms with E-state index in [0.29, 0.717) is 29.2 Å². The first-order valence-electron chi connectivity index (χ1n) is 11.9. The molecule has 7 nitrogen and oxygen atoms in total. The molecule has 2 N–H and O–H groups in total. The van der Waals surface area contributed by atoms with Gasteiger partial charge < -0.3 is 15.5 Å². The molecule has 178 valence electrons. The number of anilines is 3. The van der Waals surface area contributed by atoms with E-state index in [1.165, 1.54) is 23.8 Å². The number of halogens is 2. The second-order valence-corrected chi connectivity index (χ2v) is 9.22. The molecule has 1 unspecified atom stereocenters. The highest BCUT2D eigenvalue weighted by atomic mass is 19.1. The summed E-state index contributed by atoms with van der Waals surface area (Å²) in [5.41, 5.74) is 2.46. The first-order chi connectivity index (χ1) is 17.1. The van der Waals surface area contributed by atoms with Crippen molar-refractivity contribution in [2.24, 2.45) is 0 Å². The summed E-state index contributed by atoms with van der Waals surface area (Å²) in [5, 5.41) is 7.32. The van der Waals surface area contributed by atoms with Gasteiger partial charge >= 0.3 is 0 Å². The van der Waals surface area contributed by atoms with Crippen molar-refractivity contribution in [3.63, 3.8) is 0 Å². The van der Waals surface area contributed by atoms with E-state index in [2.05, 4.69) is 32.4 Å². The highest BCUT2D eigenvalue weighted by Gasteiger charge is 2.30. The number of hydrogen-bond acceptors (Lipinski definition) is 7. The van der Waals surface area contributed by atoms with Crippen molar-refractivity contribution in [1.29, 1.82) is 0 Å². The van der Waals surface area contributed by atoms with Gasteiger partial charge in [-0.1, -0.05) is 6.07 Å². The van der Waals surface area contributed by atoms with Crippen LogP contribution in [0.1, 0.15) is 31.2 Å². The fraction of sp³-hybridized carbons (Fsp3) is 0.308. The van der Waals surface area contributed by atoms with E-state index in [9.17, 15) is 8.78 Å². The molecule has 1 aromatic carbocycles. The third kappa shape index (κ3) is 4.27. The van der Waals surface area contributed by atoms with Gasteiger partial charge in [-0.3, -0.25) is 4.98 Å². The number of piperazine rings is 1. The van der Waals surface area contributed by atoms with E-state index in [1.54, 1.807) is 24.5 Å². The summed E-state index contributed by atoms with van der Waals surface area (Å²) >= 11 is 0. The monoisotopic (exact) mass is 473 g/mol. The summed E-state index contributed by atoms with van der Waals surface area (Å²) in [5.74, 6) is 0.868. The van der Waals surface area contributed by atoms with Gasteiger partial charge in [0.2, 0.25) is 0 Å². The number of benzene rings is 1. The predicted molar refractivity (Wildman–Crippen MR) is 132 cm³/mol. The molecule has 0 amide bonds. The highest BCUT2D eigenvalue weighted by Crippen LogP contribution is 2.45. The number of aromatic nitrogens is 4. The molecule has 2 fully saturated rings. The standard InChI is InChI=1S/C26H25F2N7/c1-15-14-35(10-9-30-15)26-23-18(16-5-6-16)12-29-13-21(23)32-25(34-26)17-7-8-31-22(11-17)33-24-19(27)3-2-4-20(24)28/h2-4,7-8,11-13,15-16,30H,5-6,9-10,14H2,1H3,(H,31,33). The lowest BCUT2D eigenvalue weighted by Gasteiger charge is -2.33. The van der Waals surface area contributed by atoms with E-state index in [4.69, 9.17) is 9.97 Å². The van der Waals surface area contributed by atoms with Gasteiger partial charge in [0.15, 0.2) is 5.82 Å². The zero-order valence-corrected chi connectivity index (χ0v) is 19.3. The average molecular weight is 474 g/mol. The van der Waals surface area contributed by atoms with Crippen LogP contribution in [0.4, 0.5) is 26.1 Å². The second kappa shape index (κ2) is 8.81. The van der Waals surface area contributed by atoms with E-state index in [-0.39, 0.29) is 5.69 Å². The summed E-state index contributed by atoms with van der Waals surface area (Å²) < 4.78 is 28.3. The van der Waals surface area contributed by atoms with E-state index < -0.39 is 11.6 Å². The molecule has 0 spiro atoms. The number of rotatable bonds is 5. The van der Waals surface area contributed by atoms with E-state index in [0.717, 1.165) is 49.2 Å². The molecule has 2 aliphatic rings. The van der Waals surface area contributed by atoms with Crippen LogP contribution in [0.3, 0.4) is 0 Å². The Morgan fingerprint density at radius 1 is 1.09 bits per heavy atom. The molecule has 1 saturated heterocycles. The van der Waals surface area contributed by atoms with Crippen molar-refractivity contribution in [3.8, 4) is 11.4 Å². The van der Waals surface area contributed by atoms with Crippen LogP contribution in [-0.4, -0.2) is 45.6 Å². The molecule has 1 aliphatic carbocycles. The summed E-state index contributed by atoms with van der Waals surface area (Å²) in [6, 6.07) is 7.57. The van der Waals surface area contributed by atoms with Crippen molar-refractivity contribution in [2.75, 3.05) is 29.9 Å². The Kier molecular flexibility index (Phi) is 5.49. The Labute approximate surface area is 201 Å². The minimum atomic E-state index is -0.687. The summed E-state index contributed by atoms with van der Waals surface area (Å²) in [4.78, 5) is 20.9. The molecule has 1 atom stereocenters. The van der Waals surface area contributed by atoms with Crippen LogP contribution in [0.25, 0.3) is 22.3 Å². The molecule has 4 aromatic rings. The van der Waals surface area contributed by atoms with Gasteiger partial charge in [-0.15, -0.1) is 0 Å². The topological polar surface area (TPSA) is 78.9 Å². The van der Waals surface area contributed by atoms with Crippen molar-refractivity contribution in [1.82, 2.24) is 25.3 Å². The normalized spacial score (nSPS) is 18.1. The van der Waals surface area contributed by atoms with Gasteiger partial charge in [0.1, 0.15) is 29.0 Å². The van der Waals surface area contributed by atoms with Gasteiger partial charge in [0.05, 0.1) is 11.7 Å². The zero-order chi connectivity index (χ0) is 23.9. The molecule has 3 aromatic heterocycles. The summed E-state index contributed by atoms with van der Waals surface area (Å²) in [6.07, 6.45) is 7.64. The lowest BCUT2D eigenvalue weighted by Crippen LogP contribution is -2.49. The minimum Gasteiger partial charge on any atom is -0.353 e. The Morgan fingerprint density at radius 2 is 1.91 bits per heavy atom. The second-order valence-electron chi connectivity index (χ2n) is 9.22. The molecule has 35 heavy (non-hydrogen) atoms. The van der Waals surface area contributed by atoms with Gasteiger partial charge in [0.25, 0.3) is 0 Å². The van der Waals surface area contributed by atoms with Crippen LogP contribution in [0, 0.1) is 11.6 Å². The minimum absolute atomic E-state index is 0.245. The van der Waals surface area contributed by atoms with Crippen LogP contribution < -0.4 is 15.5 Å². The fourth-order valence-electron chi connectivity index (χ4n) is 4.66.